The number of hydrogen-bond donors (Lipinski definition) is 0. The van der Waals surface area contributed by atoms with Crippen molar-refractivity contribution in [3.8, 4) is 0 Å². The normalized spacial score (nSPS) is 12.6. The highest BCUT2D eigenvalue weighted by atomic mass is 79.9. The summed E-state index contributed by atoms with van der Waals surface area (Å²) in [6.45, 7) is 6.55. The largest absolute Gasteiger partial charge is 0.443 e. The van der Waals surface area contributed by atoms with Gasteiger partial charge in [0.15, 0.2) is 6.73 Å². The summed E-state index contributed by atoms with van der Waals surface area (Å²) in [6.07, 6.45) is 4.56. The van der Waals surface area contributed by atoms with Crippen LogP contribution in [0.1, 0.15) is 36.5 Å². The summed E-state index contributed by atoms with van der Waals surface area (Å²) in [7, 11) is 0. The van der Waals surface area contributed by atoms with Gasteiger partial charge in [0.1, 0.15) is 0 Å². The van der Waals surface area contributed by atoms with Gasteiger partial charge in [-0.3, -0.25) is 4.79 Å². The van der Waals surface area contributed by atoms with E-state index < -0.39 is 0 Å². The Labute approximate surface area is 175 Å². The minimum atomic E-state index is -0.354. The highest BCUT2D eigenvalue weighted by molar-refractivity contribution is 9.10. The van der Waals surface area contributed by atoms with Gasteiger partial charge in [-0.1, -0.05) is 71.7 Å². The number of carbonyl (C=O) groups is 1. The molecule has 1 aromatic heterocycles. The zero-order valence-electron chi connectivity index (χ0n) is 16.6. The van der Waals surface area contributed by atoms with Crippen LogP contribution in [0.3, 0.4) is 0 Å². The van der Waals surface area contributed by atoms with E-state index in [0.717, 1.165) is 16.5 Å². The monoisotopic (exact) mass is 439 g/mol. The molecule has 3 nitrogen and oxygen atoms in total. The second-order valence-corrected chi connectivity index (χ2v) is 8.84. The van der Waals surface area contributed by atoms with Gasteiger partial charge in [0.25, 0.3) is 0 Å². The van der Waals surface area contributed by atoms with Crippen molar-refractivity contribution in [1.29, 1.82) is 0 Å². The Kier molecular flexibility index (Phi) is 6.40. The minimum absolute atomic E-state index is 0.195. The zero-order valence-corrected chi connectivity index (χ0v) is 18.1. The molecule has 1 unspecified atom stereocenters. The van der Waals surface area contributed by atoms with Crippen LogP contribution in [0.4, 0.5) is 0 Å². The predicted octanol–water partition coefficient (Wildman–Crippen LogP) is 6.11. The first-order valence-corrected chi connectivity index (χ1v) is 10.2. The molecule has 0 radical (unpaired) electrons. The first kappa shape index (κ1) is 20.4. The molecule has 1 atom stereocenters. The molecular formula is C24H26BrNO2. The molecule has 0 fully saturated rings. The van der Waals surface area contributed by atoms with Gasteiger partial charge in [-0.05, 0) is 54.2 Å². The first-order chi connectivity index (χ1) is 13.3. The van der Waals surface area contributed by atoms with Crippen molar-refractivity contribution in [1.82, 2.24) is 4.57 Å². The number of rotatable bonds is 7. The Morgan fingerprint density at radius 3 is 2.25 bits per heavy atom. The molecule has 0 saturated heterocycles. The van der Waals surface area contributed by atoms with Crippen molar-refractivity contribution in [3.63, 3.8) is 0 Å². The number of hydrogen-bond acceptors (Lipinski definition) is 2. The number of nitrogens with zero attached hydrogens (tertiary/aromatic N) is 1. The lowest BCUT2D eigenvalue weighted by Crippen LogP contribution is -2.32. The summed E-state index contributed by atoms with van der Waals surface area (Å²) in [6, 6.07) is 20.3. The molecule has 3 rings (SSSR count). The second-order valence-electron chi connectivity index (χ2n) is 7.93. The van der Waals surface area contributed by atoms with Crippen LogP contribution in [0, 0.1) is 12.3 Å². The number of esters is 1. The third kappa shape index (κ3) is 5.14. The van der Waals surface area contributed by atoms with Crippen molar-refractivity contribution in [3.05, 3.63) is 94.2 Å². The summed E-state index contributed by atoms with van der Waals surface area (Å²) < 4.78 is 8.60. The molecule has 28 heavy (non-hydrogen) atoms. The molecule has 4 heteroatoms. The Hall–Kier alpha value is -2.33. The van der Waals surface area contributed by atoms with Crippen molar-refractivity contribution in [2.24, 2.45) is 5.41 Å². The van der Waals surface area contributed by atoms with Gasteiger partial charge < -0.3 is 9.30 Å². The molecule has 0 aliphatic rings. The van der Waals surface area contributed by atoms with Gasteiger partial charge in [0.2, 0.25) is 0 Å². The number of ether oxygens (including phenoxy) is 1. The van der Waals surface area contributed by atoms with Crippen molar-refractivity contribution in [2.75, 3.05) is 0 Å². The SMILES string of the molecule is Cc1ccc(C(C(=O)OCn2cccc2)C(C)(C)Cc2ccc(Br)cc2)cc1. The van der Waals surface area contributed by atoms with Crippen LogP contribution < -0.4 is 0 Å². The molecule has 0 saturated carbocycles. The maximum Gasteiger partial charge on any atom is 0.315 e. The fourth-order valence-electron chi connectivity index (χ4n) is 3.57. The van der Waals surface area contributed by atoms with Gasteiger partial charge in [0.05, 0.1) is 5.92 Å². The van der Waals surface area contributed by atoms with Crippen molar-refractivity contribution in [2.45, 2.75) is 39.8 Å². The topological polar surface area (TPSA) is 31.2 Å². The second kappa shape index (κ2) is 8.78. The molecule has 146 valence electrons. The average Bonchev–Trinajstić information content (AvgIpc) is 3.17. The highest BCUT2D eigenvalue weighted by Gasteiger charge is 2.38. The van der Waals surface area contributed by atoms with Gasteiger partial charge in [-0.25, -0.2) is 0 Å². The van der Waals surface area contributed by atoms with E-state index in [9.17, 15) is 4.79 Å². The van der Waals surface area contributed by atoms with Gasteiger partial charge >= 0.3 is 5.97 Å². The molecule has 0 aliphatic heterocycles. The first-order valence-electron chi connectivity index (χ1n) is 9.43. The third-order valence-corrected chi connectivity index (χ3v) is 5.55. The maximum atomic E-state index is 13.2. The Morgan fingerprint density at radius 2 is 1.64 bits per heavy atom. The summed E-state index contributed by atoms with van der Waals surface area (Å²) in [4.78, 5) is 13.2. The van der Waals surface area contributed by atoms with Crippen LogP contribution in [0.2, 0.25) is 0 Å². The summed E-state index contributed by atoms with van der Waals surface area (Å²) >= 11 is 3.48. The fraction of sp³-hybridized carbons (Fsp3) is 0.292. The van der Waals surface area contributed by atoms with E-state index in [0.29, 0.717) is 0 Å². The van der Waals surface area contributed by atoms with Gasteiger partial charge in [-0.15, -0.1) is 0 Å². The van der Waals surface area contributed by atoms with Crippen LogP contribution in [-0.2, 0) is 22.7 Å². The standard InChI is InChI=1S/C24H26BrNO2/c1-18-6-10-20(11-7-18)22(23(27)28-17-26-14-4-5-15-26)24(2,3)16-19-8-12-21(25)13-9-19/h4-15,22H,16-17H2,1-3H3. The lowest BCUT2D eigenvalue weighted by Gasteiger charge is -2.33. The van der Waals surface area contributed by atoms with E-state index >= 15 is 0 Å². The van der Waals surface area contributed by atoms with E-state index in [-0.39, 0.29) is 24.0 Å². The average molecular weight is 440 g/mol. The van der Waals surface area contributed by atoms with Gasteiger partial charge in [0, 0.05) is 16.9 Å². The van der Waals surface area contributed by atoms with Gasteiger partial charge in [-0.2, -0.15) is 0 Å². The van der Waals surface area contributed by atoms with Crippen molar-refractivity contribution >= 4 is 21.9 Å². The Balaban J connectivity index is 1.86. The van der Waals surface area contributed by atoms with Crippen LogP contribution in [0.25, 0.3) is 0 Å². The van der Waals surface area contributed by atoms with Crippen LogP contribution in [-0.4, -0.2) is 10.5 Å². The lowest BCUT2D eigenvalue weighted by molar-refractivity contribution is -0.152. The van der Waals surface area contributed by atoms with E-state index in [1.807, 2.05) is 53.4 Å². The van der Waals surface area contributed by atoms with E-state index in [1.165, 1.54) is 11.1 Å². The number of carbonyl (C=O) groups excluding carboxylic acids is 1. The fourth-order valence-corrected chi connectivity index (χ4v) is 3.84. The molecule has 0 bridgehead atoms. The molecule has 3 aromatic rings. The van der Waals surface area contributed by atoms with Crippen LogP contribution in [0.5, 0.6) is 0 Å². The van der Waals surface area contributed by atoms with E-state index in [2.05, 4.69) is 61.0 Å². The predicted molar refractivity (Wildman–Crippen MR) is 116 cm³/mol. The quantitative estimate of drug-likeness (QED) is 0.415. The number of halogens is 1. The molecular weight excluding hydrogens is 414 g/mol. The molecule has 0 spiro atoms. The summed E-state index contributed by atoms with van der Waals surface area (Å²) in [5.74, 6) is -0.549. The molecule has 0 N–H and O–H groups in total. The smallest absolute Gasteiger partial charge is 0.315 e. The highest BCUT2D eigenvalue weighted by Crippen LogP contribution is 2.40. The zero-order chi connectivity index (χ0) is 20.1. The summed E-state index contributed by atoms with van der Waals surface area (Å²) in [5, 5.41) is 0. The van der Waals surface area contributed by atoms with Crippen molar-refractivity contribution < 1.29 is 9.53 Å². The third-order valence-electron chi connectivity index (χ3n) is 5.02. The van der Waals surface area contributed by atoms with E-state index in [1.54, 1.807) is 0 Å². The number of benzene rings is 2. The molecule has 2 aromatic carbocycles. The Bertz CT molecular complexity index is 897. The molecule has 0 aliphatic carbocycles. The Morgan fingerprint density at radius 1 is 1.04 bits per heavy atom. The maximum absolute atomic E-state index is 13.2. The van der Waals surface area contributed by atoms with Crippen LogP contribution >= 0.6 is 15.9 Å². The number of aromatic nitrogens is 1. The lowest BCUT2D eigenvalue weighted by atomic mass is 9.71. The summed E-state index contributed by atoms with van der Waals surface area (Å²) in [5.41, 5.74) is 3.05. The number of aryl methyl sites for hydroxylation is 1. The molecule has 0 amide bonds. The minimum Gasteiger partial charge on any atom is -0.443 e. The molecule has 1 heterocycles. The van der Waals surface area contributed by atoms with Crippen LogP contribution in [0.15, 0.2) is 77.5 Å². The van der Waals surface area contributed by atoms with E-state index in [4.69, 9.17) is 4.74 Å².